The van der Waals surface area contributed by atoms with E-state index < -0.39 is 0 Å². The smallest absolute Gasteiger partial charge is 0.212 e. The van der Waals surface area contributed by atoms with Crippen LogP contribution < -0.4 is 0 Å². The molecule has 0 saturated heterocycles. The van der Waals surface area contributed by atoms with Crippen molar-refractivity contribution in [2.75, 3.05) is 0 Å². The van der Waals surface area contributed by atoms with Crippen molar-refractivity contribution >= 4 is 44.1 Å². The van der Waals surface area contributed by atoms with Gasteiger partial charge >= 0.3 is 0 Å². The molecule has 0 radical (unpaired) electrons. The maximum absolute atomic E-state index is 4.71. The fourth-order valence-electron chi connectivity index (χ4n) is 2.80. The standard InChI is InChI=1S/C21H13N5S/c1-2-8-14(9-3-1)19-24-18(16-11-6-7-13-22-16)20(25-19)26-21-23-15-10-4-5-12-17(15)27-21/h1-13H. The van der Waals surface area contributed by atoms with Gasteiger partial charge in [-0.25, -0.2) is 15.0 Å². The highest BCUT2D eigenvalue weighted by atomic mass is 32.1. The van der Waals surface area contributed by atoms with Crippen molar-refractivity contribution < 1.29 is 0 Å². The molecule has 0 saturated carbocycles. The first-order valence-electron chi connectivity index (χ1n) is 8.46. The fourth-order valence-corrected chi connectivity index (χ4v) is 3.64. The Morgan fingerprint density at radius 2 is 1.59 bits per heavy atom. The zero-order valence-electron chi connectivity index (χ0n) is 14.1. The Morgan fingerprint density at radius 3 is 2.41 bits per heavy atom. The van der Waals surface area contributed by atoms with Gasteiger partial charge in [-0.1, -0.05) is 59.9 Å². The molecular weight excluding hydrogens is 354 g/mol. The van der Waals surface area contributed by atoms with Gasteiger partial charge in [0.15, 0.2) is 11.7 Å². The van der Waals surface area contributed by atoms with Crippen LogP contribution in [0.1, 0.15) is 11.3 Å². The number of aliphatic imine (C=N–C) groups is 3. The van der Waals surface area contributed by atoms with E-state index in [2.05, 4.69) is 15.0 Å². The summed E-state index contributed by atoms with van der Waals surface area (Å²) in [6.45, 7) is 0. The first-order valence-corrected chi connectivity index (χ1v) is 9.27. The highest BCUT2D eigenvalue weighted by Crippen LogP contribution is 2.28. The molecule has 4 aromatic rings. The molecule has 3 heterocycles. The average molecular weight is 367 g/mol. The summed E-state index contributed by atoms with van der Waals surface area (Å²) in [6, 6.07) is 23.6. The molecule has 128 valence electrons. The zero-order chi connectivity index (χ0) is 18.1. The zero-order valence-corrected chi connectivity index (χ0v) is 15.0. The van der Waals surface area contributed by atoms with Gasteiger partial charge in [-0.3, -0.25) is 4.98 Å². The topological polar surface area (TPSA) is 62.9 Å². The predicted molar refractivity (Wildman–Crippen MR) is 110 cm³/mol. The Morgan fingerprint density at radius 1 is 0.778 bits per heavy atom. The molecule has 5 rings (SSSR count). The molecule has 0 unspecified atom stereocenters. The summed E-state index contributed by atoms with van der Waals surface area (Å²) in [5.41, 5.74) is 3.28. The lowest BCUT2D eigenvalue weighted by atomic mass is 10.2. The van der Waals surface area contributed by atoms with E-state index in [1.807, 2.05) is 72.8 Å². The van der Waals surface area contributed by atoms with Crippen molar-refractivity contribution in [1.29, 1.82) is 0 Å². The predicted octanol–water partition coefficient (Wildman–Crippen LogP) is 4.67. The molecule has 0 atom stereocenters. The summed E-state index contributed by atoms with van der Waals surface area (Å²) < 4.78 is 1.10. The number of para-hydroxylation sites is 1. The van der Waals surface area contributed by atoms with E-state index in [0.717, 1.165) is 21.5 Å². The lowest BCUT2D eigenvalue weighted by Crippen LogP contribution is -2.11. The second kappa shape index (κ2) is 6.66. The van der Waals surface area contributed by atoms with E-state index >= 15 is 0 Å². The van der Waals surface area contributed by atoms with Crippen molar-refractivity contribution in [2.45, 2.75) is 0 Å². The van der Waals surface area contributed by atoms with Gasteiger partial charge in [0.1, 0.15) is 5.71 Å². The first kappa shape index (κ1) is 15.7. The molecule has 5 nitrogen and oxygen atoms in total. The van der Waals surface area contributed by atoms with E-state index in [1.54, 1.807) is 6.20 Å². The number of thiazole rings is 1. The van der Waals surface area contributed by atoms with Gasteiger partial charge < -0.3 is 0 Å². The SMILES string of the molecule is c1ccc(C2=NC(=Nc3nc4ccccc4s3)C(c3ccccn3)=N2)cc1. The third-order valence-electron chi connectivity index (χ3n) is 4.06. The van der Waals surface area contributed by atoms with Crippen molar-refractivity contribution in [1.82, 2.24) is 9.97 Å². The molecule has 0 fully saturated rings. The summed E-state index contributed by atoms with van der Waals surface area (Å²) in [5.74, 6) is 1.17. The van der Waals surface area contributed by atoms with Gasteiger partial charge in [-0.15, -0.1) is 0 Å². The molecule has 1 aliphatic heterocycles. The van der Waals surface area contributed by atoms with Crippen LogP contribution in [0.2, 0.25) is 0 Å². The Hall–Kier alpha value is -3.51. The van der Waals surface area contributed by atoms with Gasteiger partial charge in [0.25, 0.3) is 0 Å². The Kier molecular flexibility index (Phi) is 3.88. The van der Waals surface area contributed by atoms with Crippen LogP contribution in [0, 0.1) is 0 Å². The van der Waals surface area contributed by atoms with Crippen molar-refractivity contribution in [2.24, 2.45) is 15.0 Å². The third kappa shape index (κ3) is 3.07. The lowest BCUT2D eigenvalue weighted by molar-refractivity contribution is 1.29. The van der Waals surface area contributed by atoms with Crippen LogP contribution in [-0.4, -0.2) is 27.4 Å². The fraction of sp³-hybridized carbons (Fsp3) is 0. The first-order chi connectivity index (χ1) is 13.4. The molecule has 6 heteroatoms. The number of hydrogen-bond donors (Lipinski definition) is 0. The normalized spacial score (nSPS) is 15.2. The van der Waals surface area contributed by atoms with E-state index in [4.69, 9.17) is 9.98 Å². The Bertz CT molecular complexity index is 1170. The molecule has 27 heavy (non-hydrogen) atoms. The largest absolute Gasteiger partial charge is 0.254 e. The lowest BCUT2D eigenvalue weighted by Gasteiger charge is -1.98. The number of fused-ring (bicyclic) bond motifs is 1. The van der Waals surface area contributed by atoms with Gasteiger partial charge in [-0.2, -0.15) is 4.99 Å². The molecule has 1 aliphatic rings. The minimum absolute atomic E-state index is 0.534. The maximum Gasteiger partial charge on any atom is 0.212 e. The number of hydrogen-bond acceptors (Lipinski definition) is 5. The molecule has 2 aromatic carbocycles. The second-order valence-corrected chi connectivity index (χ2v) is 6.89. The van der Waals surface area contributed by atoms with Gasteiger partial charge in [0.2, 0.25) is 5.13 Å². The van der Waals surface area contributed by atoms with E-state index in [-0.39, 0.29) is 0 Å². The van der Waals surface area contributed by atoms with E-state index in [1.165, 1.54) is 11.3 Å². The summed E-state index contributed by atoms with van der Waals surface area (Å²) in [4.78, 5) is 23.1. The number of amidine groups is 2. The average Bonchev–Trinajstić information content (AvgIpc) is 3.33. The molecule has 0 bridgehead atoms. The van der Waals surface area contributed by atoms with Gasteiger partial charge in [0.05, 0.1) is 15.9 Å². The minimum Gasteiger partial charge on any atom is -0.254 e. The van der Waals surface area contributed by atoms with E-state index in [0.29, 0.717) is 22.5 Å². The highest BCUT2D eigenvalue weighted by molar-refractivity contribution is 7.22. The highest BCUT2D eigenvalue weighted by Gasteiger charge is 2.22. The van der Waals surface area contributed by atoms with Crippen LogP contribution in [0.15, 0.2) is 94.0 Å². The van der Waals surface area contributed by atoms with Crippen molar-refractivity contribution in [3.63, 3.8) is 0 Å². The van der Waals surface area contributed by atoms with Gasteiger partial charge in [-0.05, 0) is 24.3 Å². The Balaban J connectivity index is 1.63. The minimum atomic E-state index is 0.534. The van der Waals surface area contributed by atoms with E-state index in [9.17, 15) is 0 Å². The quantitative estimate of drug-likeness (QED) is 0.528. The van der Waals surface area contributed by atoms with Crippen molar-refractivity contribution in [3.05, 3.63) is 90.3 Å². The van der Waals surface area contributed by atoms with Crippen LogP contribution in [0.3, 0.4) is 0 Å². The summed E-state index contributed by atoms with van der Waals surface area (Å²) >= 11 is 1.54. The number of nitrogens with zero attached hydrogens (tertiary/aromatic N) is 5. The third-order valence-corrected chi connectivity index (χ3v) is 5.00. The van der Waals surface area contributed by atoms with Crippen LogP contribution in [-0.2, 0) is 0 Å². The summed E-state index contributed by atoms with van der Waals surface area (Å²) in [5, 5.41) is 0.660. The second-order valence-electron chi connectivity index (χ2n) is 5.88. The molecule has 0 spiro atoms. The molecule has 0 amide bonds. The van der Waals surface area contributed by atoms with Gasteiger partial charge in [0, 0.05) is 11.8 Å². The summed E-state index contributed by atoms with van der Waals surface area (Å²) in [6.07, 6.45) is 1.74. The number of rotatable bonds is 3. The number of pyridine rings is 1. The number of aromatic nitrogens is 2. The Labute approximate surface area is 159 Å². The molecule has 0 aliphatic carbocycles. The van der Waals surface area contributed by atoms with Crippen LogP contribution >= 0.6 is 11.3 Å². The molecular formula is C21H13N5S. The van der Waals surface area contributed by atoms with Crippen LogP contribution in [0.4, 0.5) is 5.13 Å². The van der Waals surface area contributed by atoms with Crippen LogP contribution in [0.5, 0.6) is 0 Å². The number of benzene rings is 2. The maximum atomic E-state index is 4.71. The monoisotopic (exact) mass is 367 g/mol. The van der Waals surface area contributed by atoms with Crippen molar-refractivity contribution in [3.8, 4) is 0 Å². The summed E-state index contributed by atoms with van der Waals surface area (Å²) in [7, 11) is 0. The molecule has 0 N–H and O–H groups in total. The van der Waals surface area contributed by atoms with Crippen LogP contribution in [0.25, 0.3) is 10.2 Å². The molecule has 2 aromatic heterocycles.